The average molecular weight is 310 g/mol. The van der Waals surface area contributed by atoms with Gasteiger partial charge in [-0.3, -0.25) is 0 Å². The van der Waals surface area contributed by atoms with Gasteiger partial charge in [0.2, 0.25) is 0 Å². The highest BCUT2D eigenvalue weighted by atomic mass is 35.5. The van der Waals surface area contributed by atoms with Crippen LogP contribution in [0, 0.1) is 5.92 Å². The van der Waals surface area contributed by atoms with Crippen molar-refractivity contribution >= 4 is 11.6 Å². The molecule has 4 heteroatoms. The molecule has 0 radical (unpaired) electrons. The van der Waals surface area contributed by atoms with Crippen molar-refractivity contribution in [1.29, 1.82) is 0 Å². The van der Waals surface area contributed by atoms with Crippen molar-refractivity contribution in [2.24, 2.45) is 11.7 Å². The van der Waals surface area contributed by atoms with Gasteiger partial charge in [0.25, 0.3) is 0 Å². The van der Waals surface area contributed by atoms with E-state index in [1.165, 1.54) is 38.5 Å². The van der Waals surface area contributed by atoms with Gasteiger partial charge in [0.05, 0.1) is 0 Å². The van der Waals surface area contributed by atoms with Crippen LogP contribution in [-0.2, 0) is 0 Å². The molecule has 1 heterocycles. The molecule has 0 spiro atoms. The van der Waals surface area contributed by atoms with Crippen molar-refractivity contribution in [2.75, 3.05) is 13.2 Å². The maximum atomic E-state index is 6.43. The molecule has 3 rings (SSSR count). The van der Waals surface area contributed by atoms with Crippen molar-refractivity contribution in [2.45, 2.75) is 51.0 Å². The van der Waals surface area contributed by atoms with E-state index in [0.29, 0.717) is 18.2 Å². The van der Waals surface area contributed by atoms with Gasteiger partial charge in [-0.05, 0) is 24.0 Å². The molecule has 1 aliphatic heterocycles. The maximum absolute atomic E-state index is 6.43. The zero-order valence-electron chi connectivity index (χ0n) is 12.4. The van der Waals surface area contributed by atoms with Crippen LogP contribution >= 0.6 is 11.6 Å². The summed E-state index contributed by atoms with van der Waals surface area (Å²) in [5, 5.41) is 0.695. The molecule has 3 nitrogen and oxygen atoms in total. The van der Waals surface area contributed by atoms with Gasteiger partial charge in [0.1, 0.15) is 13.2 Å². The molecular formula is C17H24ClNO2. The van der Waals surface area contributed by atoms with Crippen molar-refractivity contribution in [3.8, 4) is 11.5 Å². The van der Waals surface area contributed by atoms with E-state index in [1.54, 1.807) is 0 Å². The van der Waals surface area contributed by atoms with Crippen LogP contribution in [0.5, 0.6) is 11.5 Å². The number of fused-ring (bicyclic) bond motifs is 1. The molecule has 116 valence electrons. The second kappa shape index (κ2) is 6.89. The Morgan fingerprint density at radius 3 is 2.33 bits per heavy atom. The summed E-state index contributed by atoms with van der Waals surface area (Å²) in [5.41, 5.74) is 7.42. The zero-order chi connectivity index (χ0) is 14.7. The number of benzene rings is 1. The smallest absolute Gasteiger partial charge is 0.162 e. The Hall–Kier alpha value is -0.930. The fraction of sp³-hybridized carbons (Fsp3) is 0.647. The molecule has 1 aromatic carbocycles. The van der Waals surface area contributed by atoms with Crippen LogP contribution in [0.4, 0.5) is 0 Å². The lowest BCUT2D eigenvalue weighted by Gasteiger charge is -2.24. The van der Waals surface area contributed by atoms with Gasteiger partial charge in [-0.15, -0.1) is 0 Å². The van der Waals surface area contributed by atoms with Crippen molar-refractivity contribution in [3.63, 3.8) is 0 Å². The van der Waals surface area contributed by atoms with Gasteiger partial charge in [-0.1, -0.05) is 50.1 Å². The summed E-state index contributed by atoms with van der Waals surface area (Å²) >= 11 is 6.39. The molecule has 2 N–H and O–H groups in total. The number of halogens is 1. The van der Waals surface area contributed by atoms with Gasteiger partial charge >= 0.3 is 0 Å². The lowest BCUT2D eigenvalue weighted by atomic mass is 9.90. The van der Waals surface area contributed by atoms with E-state index < -0.39 is 0 Å². The Balaban J connectivity index is 1.72. The van der Waals surface area contributed by atoms with Crippen LogP contribution in [0.25, 0.3) is 0 Å². The van der Waals surface area contributed by atoms with Gasteiger partial charge in [-0.2, -0.15) is 0 Å². The third kappa shape index (κ3) is 3.64. The van der Waals surface area contributed by atoms with Crippen LogP contribution in [0.1, 0.15) is 56.6 Å². The van der Waals surface area contributed by atoms with Crippen LogP contribution in [0.2, 0.25) is 5.02 Å². The van der Waals surface area contributed by atoms with E-state index in [0.717, 1.165) is 29.4 Å². The van der Waals surface area contributed by atoms with Crippen molar-refractivity contribution < 1.29 is 9.47 Å². The SMILES string of the molecule is NC(CC1CCCCCC1)c1cc2c(cc1Cl)OCCO2. The highest BCUT2D eigenvalue weighted by Gasteiger charge is 2.21. The molecule has 1 saturated carbocycles. The molecule has 1 fully saturated rings. The first-order valence-electron chi connectivity index (χ1n) is 8.08. The Morgan fingerprint density at radius 1 is 1.05 bits per heavy atom. The molecule has 21 heavy (non-hydrogen) atoms. The molecular weight excluding hydrogens is 286 g/mol. The first-order valence-corrected chi connectivity index (χ1v) is 8.46. The molecule has 0 amide bonds. The Bertz CT molecular complexity index is 484. The predicted octanol–water partition coefficient (Wildman–Crippen LogP) is 4.47. The van der Waals surface area contributed by atoms with Crippen LogP contribution in [-0.4, -0.2) is 13.2 Å². The van der Waals surface area contributed by atoms with Crippen molar-refractivity contribution in [3.05, 3.63) is 22.7 Å². The van der Waals surface area contributed by atoms with Gasteiger partial charge in [0, 0.05) is 17.1 Å². The Kier molecular flexibility index (Phi) is 4.91. The first-order chi connectivity index (χ1) is 10.2. The molecule has 0 aromatic heterocycles. The van der Waals surface area contributed by atoms with E-state index >= 15 is 0 Å². The summed E-state index contributed by atoms with van der Waals surface area (Å²) in [6.07, 6.45) is 9.04. The second-order valence-corrected chi connectivity index (χ2v) is 6.62. The predicted molar refractivity (Wildman–Crippen MR) is 85.2 cm³/mol. The summed E-state index contributed by atoms with van der Waals surface area (Å²) < 4.78 is 11.2. The molecule has 2 aliphatic rings. The maximum Gasteiger partial charge on any atom is 0.162 e. The standard InChI is InChI=1S/C17H24ClNO2/c18-14-11-17-16(20-7-8-21-17)10-13(14)15(19)9-12-5-3-1-2-4-6-12/h10-12,15H,1-9,19H2. The zero-order valence-corrected chi connectivity index (χ0v) is 13.2. The fourth-order valence-electron chi connectivity index (χ4n) is 3.45. The molecule has 1 unspecified atom stereocenters. The van der Waals surface area contributed by atoms with E-state index in [-0.39, 0.29) is 6.04 Å². The summed E-state index contributed by atoms with van der Waals surface area (Å²) in [6.45, 7) is 1.17. The largest absolute Gasteiger partial charge is 0.486 e. The topological polar surface area (TPSA) is 44.5 Å². The Morgan fingerprint density at radius 2 is 1.67 bits per heavy atom. The molecule has 0 bridgehead atoms. The minimum atomic E-state index is -0.0172. The molecule has 1 atom stereocenters. The lowest BCUT2D eigenvalue weighted by Crippen LogP contribution is -2.18. The van der Waals surface area contributed by atoms with E-state index in [9.17, 15) is 0 Å². The highest BCUT2D eigenvalue weighted by molar-refractivity contribution is 6.31. The van der Waals surface area contributed by atoms with E-state index in [4.69, 9.17) is 26.8 Å². The third-order valence-electron chi connectivity index (χ3n) is 4.62. The highest BCUT2D eigenvalue weighted by Crippen LogP contribution is 2.39. The monoisotopic (exact) mass is 309 g/mol. The normalized spacial score (nSPS) is 20.9. The van der Waals surface area contributed by atoms with Crippen LogP contribution < -0.4 is 15.2 Å². The van der Waals surface area contributed by atoms with Gasteiger partial charge in [0.15, 0.2) is 11.5 Å². The average Bonchev–Trinajstić information content (AvgIpc) is 2.75. The summed E-state index contributed by atoms with van der Waals surface area (Å²) in [7, 11) is 0. The molecule has 1 aromatic rings. The number of hydrogen-bond donors (Lipinski definition) is 1. The minimum absolute atomic E-state index is 0.0172. The number of rotatable bonds is 3. The van der Waals surface area contributed by atoms with Crippen LogP contribution in [0.15, 0.2) is 12.1 Å². The Labute approximate surface area is 131 Å². The minimum Gasteiger partial charge on any atom is -0.486 e. The number of ether oxygens (including phenoxy) is 2. The second-order valence-electron chi connectivity index (χ2n) is 6.22. The molecule has 1 aliphatic carbocycles. The van der Waals surface area contributed by atoms with E-state index in [2.05, 4.69) is 0 Å². The van der Waals surface area contributed by atoms with Gasteiger partial charge in [-0.25, -0.2) is 0 Å². The van der Waals surface area contributed by atoms with Gasteiger partial charge < -0.3 is 15.2 Å². The lowest BCUT2D eigenvalue weighted by molar-refractivity contribution is 0.171. The fourth-order valence-corrected chi connectivity index (χ4v) is 3.74. The van der Waals surface area contributed by atoms with E-state index in [1.807, 2.05) is 12.1 Å². The third-order valence-corrected chi connectivity index (χ3v) is 4.95. The quantitative estimate of drug-likeness (QED) is 0.838. The molecule has 0 saturated heterocycles. The van der Waals surface area contributed by atoms with Crippen LogP contribution in [0.3, 0.4) is 0 Å². The summed E-state index contributed by atoms with van der Waals surface area (Å²) in [5.74, 6) is 2.24. The first kappa shape index (κ1) is 15.0. The van der Waals surface area contributed by atoms with Crippen molar-refractivity contribution in [1.82, 2.24) is 0 Å². The number of hydrogen-bond acceptors (Lipinski definition) is 3. The number of nitrogens with two attached hydrogens (primary N) is 1. The summed E-state index contributed by atoms with van der Waals surface area (Å²) in [4.78, 5) is 0. The summed E-state index contributed by atoms with van der Waals surface area (Å²) in [6, 6.07) is 3.80.